The van der Waals surface area contributed by atoms with Gasteiger partial charge in [-0.05, 0) is 25.7 Å². The van der Waals surface area contributed by atoms with Crippen molar-refractivity contribution in [2.45, 2.75) is 84.6 Å². The highest BCUT2D eigenvalue weighted by molar-refractivity contribution is 5.89. The lowest BCUT2D eigenvalue weighted by molar-refractivity contribution is -0.127. The third-order valence-corrected chi connectivity index (χ3v) is 3.78. The van der Waals surface area contributed by atoms with Gasteiger partial charge < -0.3 is 10.1 Å². The predicted octanol–water partition coefficient (Wildman–Crippen LogP) is 3.98. The van der Waals surface area contributed by atoms with Gasteiger partial charge >= 0.3 is 0 Å². The number of hydrogen-bond donors (Lipinski definition) is 1. The van der Waals surface area contributed by atoms with Gasteiger partial charge in [-0.3, -0.25) is 9.59 Å². The number of carbonyl (C=O) groups excluding carboxylic acids is 3. The molecule has 23 heavy (non-hydrogen) atoms. The Morgan fingerprint density at radius 3 is 2.26 bits per heavy atom. The third kappa shape index (κ3) is 13.9. The van der Waals surface area contributed by atoms with Crippen molar-refractivity contribution in [1.82, 2.24) is 5.32 Å². The van der Waals surface area contributed by atoms with Crippen LogP contribution in [0, 0.1) is 5.92 Å². The monoisotopic (exact) mass is 323 g/mol. The van der Waals surface area contributed by atoms with Gasteiger partial charge in [-0.2, -0.15) is 0 Å². The van der Waals surface area contributed by atoms with E-state index in [2.05, 4.69) is 19.2 Å². The van der Waals surface area contributed by atoms with E-state index in [1.54, 1.807) is 0 Å². The van der Waals surface area contributed by atoms with Gasteiger partial charge in [0, 0.05) is 12.8 Å². The summed E-state index contributed by atoms with van der Waals surface area (Å²) in [7, 11) is 0. The molecule has 132 valence electrons. The number of Topliss-reactive ketones (excluding diaryl/α,β-unsaturated/α-hetero) is 1. The molecule has 0 aromatic heterocycles. The maximum atomic E-state index is 11.7. The number of unbranched alkanes of at least 4 members (excludes halogenated alkanes) is 5. The van der Waals surface area contributed by atoms with Crippen molar-refractivity contribution in [1.29, 1.82) is 0 Å². The van der Waals surface area contributed by atoms with Crippen molar-refractivity contribution < 1.29 is 14.4 Å². The van der Waals surface area contributed by atoms with Gasteiger partial charge in [0.25, 0.3) is 0 Å². The number of rotatable bonds is 14. The van der Waals surface area contributed by atoms with Crippen molar-refractivity contribution in [3.8, 4) is 0 Å². The molecule has 0 bridgehead atoms. The Balaban J connectivity index is 3.63. The van der Waals surface area contributed by atoms with Crippen LogP contribution in [0.15, 0.2) is 12.2 Å². The van der Waals surface area contributed by atoms with Gasteiger partial charge in [-0.1, -0.05) is 58.1 Å². The number of nitrogens with one attached hydrogen (secondary N) is 1. The molecule has 0 saturated heterocycles. The van der Waals surface area contributed by atoms with Crippen molar-refractivity contribution >= 4 is 18.0 Å². The quantitative estimate of drug-likeness (QED) is 0.299. The number of aldehydes is 1. The Morgan fingerprint density at radius 2 is 1.65 bits per heavy atom. The lowest BCUT2D eigenvalue weighted by Crippen LogP contribution is -2.39. The van der Waals surface area contributed by atoms with Gasteiger partial charge in [0.1, 0.15) is 6.29 Å². The number of hydrogen-bond acceptors (Lipinski definition) is 3. The van der Waals surface area contributed by atoms with Crippen LogP contribution in [0.4, 0.5) is 0 Å². The van der Waals surface area contributed by atoms with Gasteiger partial charge in [0.15, 0.2) is 5.78 Å². The maximum Gasteiger partial charge on any atom is 0.224 e. The molecular formula is C19H33NO3. The molecule has 0 aromatic carbocycles. The SMILES string of the molecule is CC(=O)[C@H](CC=O)NC(=O)C/C=C\CCCCCCCC(C)C. The van der Waals surface area contributed by atoms with Crippen LogP contribution in [-0.4, -0.2) is 24.0 Å². The Kier molecular flexibility index (Phi) is 13.3. The van der Waals surface area contributed by atoms with E-state index >= 15 is 0 Å². The summed E-state index contributed by atoms with van der Waals surface area (Å²) < 4.78 is 0. The zero-order valence-electron chi connectivity index (χ0n) is 15.0. The summed E-state index contributed by atoms with van der Waals surface area (Å²) in [6.45, 7) is 5.91. The summed E-state index contributed by atoms with van der Waals surface area (Å²) in [5.41, 5.74) is 0. The Morgan fingerprint density at radius 1 is 1.00 bits per heavy atom. The van der Waals surface area contributed by atoms with E-state index in [4.69, 9.17) is 0 Å². The Hall–Kier alpha value is -1.45. The topological polar surface area (TPSA) is 63.2 Å². The van der Waals surface area contributed by atoms with E-state index in [0.29, 0.717) is 6.29 Å². The minimum Gasteiger partial charge on any atom is -0.346 e. The summed E-state index contributed by atoms with van der Waals surface area (Å²) in [4.78, 5) is 33.3. The Labute approximate surface area is 141 Å². The molecule has 0 aliphatic rings. The van der Waals surface area contributed by atoms with Crippen LogP contribution >= 0.6 is 0 Å². The molecule has 0 rings (SSSR count). The fourth-order valence-electron chi connectivity index (χ4n) is 2.33. The first-order chi connectivity index (χ1) is 11.0. The fraction of sp³-hybridized carbons (Fsp3) is 0.737. The second-order valence-corrected chi connectivity index (χ2v) is 6.55. The summed E-state index contributed by atoms with van der Waals surface area (Å²) in [5, 5.41) is 2.58. The minimum atomic E-state index is -0.681. The minimum absolute atomic E-state index is 0.0433. The summed E-state index contributed by atoms with van der Waals surface area (Å²) >= 11 is 0. The smallest absolute Gasteiger partial charge is 0.224 e. The van der Waals surface area contributed by atoms with E-state index in [9.17, 15) is 14.4 Å². The second-order valence-electron chi connectivity index (χ2n) is 6.55. The highest BCUT2D eigenvalue weighted by Crippen LogP contribution is 2.11. The molecule has 0 aromatic rings. The van der Waals surface area contributed by atoms with Crippen LogP contribution in [0.1, 0.15) is 78.6 Å². The van der Waals surface area contributed by atoms with Crippen molar-refractivity contribution in [3.05, 3.63) is 12.2 Å². The normalized spacial score (nSPS) is 12.5. The van der Waals surface area contributed by atoms with Gasteiger partial charge in [0.2, 0.25) is 5.91 Å². The summed E-state index contributed by atoms with van der Waals surface area (Å²) in [6.07, 6.45) is 13.4. The first kappa shape index (κ1) is 21.6. The number of ketones is 1. The fourth-order valence-corrected chi connectivity index (χ4v) is 2.33. The molecule has 0 aliphatic carbocycles. The molecule has 0 radical (unpaired) electrons. The number of allylic oxidation sites excluding steroid dienone is 1. The molecular weight excluding hydrogens is 290 g/mol. The number of carbonyl (C=O) groups is 3. The van der Waals surface area contributed by atoms with Gasteiger partial charge in [0.05, 0.1) is 6.04 Å². The zero-order valence-corrected chi connectivity index (χ0v) is 15.0. The highest BCUT2D eigenvalue weighted by Gasteiger charge is 2.15. The first-order valence-corrected chi connectivity index (χ1v) is 8.85. The molecule has 1 atom stereocenters. The molecule has 0 saturated carbocycles. The largest absolute Gasteiger partial charge is 0.346 e. The molecule has 1 amide bonds. The zero-order chi connectivity index (χ0) is 17.5. The van der Waals surface area contributed by atoms with E-state index in [1.807, 2.05) is 12.2 Å². The van der Waals surface area contributed by atoms with E-state index in [1.165, 1.54) is 39.0 Å². The summed E-state index contributed by atoms with van der Waals surface area (Å²) in [5.74, 6) is 0.405. The molecule has 4 nitrogen and oxygen atoms in total. The average molecular weight is 323 g/mol. The van der Waals surface area contributed by atoms with Crippen LogP contribution in [-0.2, 0) is 14.4 Å². The van der Waals surface area contributed by atoms with Crippen LogP contribution < -0.4 is 5.32 Å². The standard InChI is InChI=1S/C19H33NO3/c1-16(2)12-10-8-6-4-5-7-9-11-13-19(23)20-18(14-15-21)17(3)22/h9,11,15-16,18H,4-8,10,12-14H2,1-3H3,(H,20,23)/b11-9-/t18-/m0/s1. The van der Waals surface area contributed by atoms with E-state index in [0.717, 1.165) is 18.8 Å². The summed E-state index contributed by atoms with van der Waals surface area (Å²) in [6, 6.07) is -0.681. The van der Waals surface area contributed by atoms with Crippen molar-refractivity contribution in [2.75, 3.05) is 0 Å². The van der Waals surface area contributed by atoms with Crippen LogP contribution in [0.5, 0.6) is 0 Å². The van der Waals surface area contributed by atoms with Crippen molar-refractivity contribution in [3.63, 3.8) is 0 Å². The maximum absolute atomic E-state index is 11.7. The average Bonchev–Trinajstić information content (AvgIpc) is 2.48. The Bertz CT molecular complexity index is 375. The molecule has 0 fully saturated rings. The number of amides is 1. The molecule has 0 spiro atoms. The first-order valence-electron chi connectivity index (χ1n) is 8.85. The van der Waals surface area contributed by atoms with E-state index < -0.39 is 6.04 Å². The van der Waals surface area contributed by atoms with E-state index in [-0.39, 0.29) is 24.5 Å². The molecule has 1 N–H and O–H groups in total. The van der Waals surface area contributed by atoms with Crippen LogP contribution in [0.2, 0.25) is 0 Å². The molecule has 4 heteroatoms. The molecule has 0 heterocycles. The van der Waals surface area contributed by atoms with Crippen molar-refractivity contribution in [2.24, 2.45) is 5.92 Å². The lowest BCUT2D eigenvalue weighted by Gasteiger charge is -2.11. The molecule has 0 unspecified atom stereocenters. The van der Waals surface area contributed by atoms with Gasteiger partial charge in [-0.15, -0.1) is 0 Å². The second kappa shape index (κ2) is 14.2. The van der Waals surface area contributed by atoms with Gasteiger partial charge in [-0.25, -0.2) is 0 Å². The van der Waals surface area contributed by atoms with Crippen LogP contribution in [0.3, 0.4) is 0 Å². The molecule has 0 aliphatic heterocycles. The highest BCUT2D eigenvalue weighted by atomic mass is 16.2. The lowest BCUT2D eigenvalue weighted by atomic mass is 10.0. The third-order valence-electron chi connectivity index (χ3n) is 3.78. The van der Waals surface area contributed by atoms with Crippen LogP contribution in [0.25, 0.3) is 0 Å². The predicted molar refractivity (Wildman–Crippen MR) is 94.2 cm³/mol.